The van der Waals surface area contributed by atoms with Gasteiger partial charge in [0.15, 0.2) is 0 Å². The molecule has 0 aromatic heterocycles. The van der Waals surface area contributed by atoms with E-state index < -0.39 is 0 Å². The second-order valence-corrected chi connectivity index (χ2v) is 9.02. The van der Waals surface area contributed by atoms with Crippen molar-refractivity contribution in [1.82, 2.24) is 14.7 Å². The summed E-state index contributed by atoms with van der Waals surface area (Å²) >= 11 is 0. The number of ether oxygens (including phenoxy) is 1. The molecule has 0 bridgehead atoms. The third-order valence-corrected chi connectivity index (χ3v) is 7.05. The van der Waals surface area contributed by atoms with E-state index in [9.17, 15) is 9.18 Å². The van der Waals surface area contributed by atoms with Crippen LogP contribution < -0.4 is 4.74 Å². The highest BCUT2D eigenvalue weighted by molar-refractivity contribution is 5.80. The van der Waals surface area contributed by atoms with Gasteiger partial charge in [-0.1, -0.05) is 6.08 Å². The highest BCUT2D eigenvalue weighted by atomic mass is 19.1. The number of benzene rings is 1. The molecule has 3 atom stereocenters. The molecule has 156 valence electrons. The molecule has 1 aliphatic carbocycles. The van der Waals surface area contributed by atoms with E-state index in [0.29, 0.717) is 6.61 Å². The van der Waals surface area contributed by atoms with Gasteiger partial charge in [-0.25, -0.2) is 4.39 Å². The van der Waals surface area contributed by atoms with Crippen LogP contribution in [0.1, 0.15) is 24.4 Å². The van der Waals surface area contributed by atoms with Gasteiger partial charge < -0.3 is 9.64 Å². The predicted octanol–water partition coefficient (Wildman–Crippen LogP) is 2.55. The molecule has 1 amide bonds. The van der Waals surface area contributed by atoms with Gasteiger partial charge in [-0.05, 0) is 37.0 Å². The van der Waals surface area contributed by atoms with Crippen LogP contribution >= 0.6 is 0 Å². The van der Waals surface area contributed by atoms with Gasteiger partial charge in [0.2, 0.25) is 5.91 Å². The zero-order chi connectivity index (χ0) is 20.0. The fourth-order valence-corrected chi connectivity index (χ4v) is 5.34. The molecule has 0 spiro atoms. The maximum Gasteiger partial charge on any atom is 0.227 e. The summed E-state index contributed by atoms with van der Waals surface area (Å²) in [6.45, 7) is 10.3. The topological polar surface area (TPSA) is 36.0 Å². The highest BCUT2D eigenvalue weighted by Gasteiger charge is 2.51. The van der Waals surface area contributed by atoms with Crippen molar-refractivity contribution >= 4 is 5.91 Å². The Morgan fingerprint density at radius 3 is 2.76 bits per heavy atom. The third-order valence-electron chi connectivity index (χ3n) is 7.05. The molecule has 0 N–H and O–H groups in total. The molecule has 5 nitrogen and oxygen atoms in total. The number of amides is 1. The quantitative estimate of drug-likeness (QED) is 0.713. The first-order valence-corrected chi connectivity index (χ1v) is 10.9. The Bertz CT molecular complexity index is 788. The van der Waals surface area contributed by atoms with Crippen LogP contribution in [0.5, 0.6) is 5.75 Å². The number of rotatable bonds is 5. The van der Waals surface area contributed by atoms with Crippen LogP contribution in [0, 0.1) is 23.6 Å². The Kier molecular flexibility index (Phi) is 5.08. The molecule has 1 saturated carbocycles. The number of carbonyl (C=O) groups excluding carboxylic acids is 1. The van der Waals surface area contributed by atoms with Crippen molar-refractivity contribution in [3.8, 4) is 5.75 Å². The number of fused-ring (bicyclic) bond motifs is 3. The molecule has 0 unspecified atom stereocenters. The van der Waals surface area contributed by atoms with Crippen LogP contribution in [-0.2, 0) is 4.79 Å². The molecule has 4 aliphatic rings. The molecule has 3 heterocycles. The van der Waals surface area contributed by atoms with Crippen LogP contribution in [0.2, 0.25) is 0 Å². The molecule has 6 heteroatoms. The maximum atomic E-state index is 14.0. The van der Waals surface area contributed by atoms with E-state index in [1.807, 2.05) is 11.0 Å². The minimum Gasteiger partial charge on any atom is -0.493 e. The summed E-state index contributed by atoms with van der Waals surface area (Å²) in [5.41, 5.74) is 0.924. The van der Waals surface area contributed by atoms with Crippen molar-refractivity contribution in [3.05, 3.63) is 42.2 Å². The number of likely N-dealkylation sites (tertiary alicyclic amines) is 1. The van der Waals surface area contributed by atoms with Crippen molar-refractivity contribution in [3.63, 3.8) is 0 Å². The van der Waals surface area contributed by atoms with E-state index in [4.69, 9.17) is 4.74 Å². The predicted molar refractivity (Wildman–Crippen MR) is 109 cm³/mol. The Hall–Kier alpha value is -1.92. The summed E-state index contributed by atoms with van der Waals surface area (Å²) in [7, 11) is 0. The Morgan fingerprint density at radius 1 is 1.24 bits per heavy atom. The average Bonchev–Trinajstić information content (AvgIpc) is 3.47. The lowest BCUT2D eigenvalue weighted by molar-refractivity contribution is -0.138. The van der Waals surface area contributed by atoms with Crippen molar-refractivity contribution in [2.45, 2.75) is 18.9 Å². The van der Waals surface area contributed by atoms with Gasteiger partial charge in [-0.15, -0.1) is 6.58 Å². The second-order valence-electron chi connectivity index (χ2n) is 9.02. The molecule has 2 saturated heterocycles. The molecular formula is C23H30FN3O2. The highest BCUT2D eigenvalue weighted by Crippen LogP contribution is 2.49. The Morgan fingerprint density at radius 2 is 2.03 bits per heavy atom. The van der Waals surface area contributed by atoms with Crippen molar-refractivity contribution in [1.29, 1.82) is 0 Å². The summed E-state index contributed by atoms with van der Waals surface area (Å²) in [5, 5.41) is 0. The summed E-state index contributed by atoms with van der Waals surface area (Å²) in [4.78, 5) is 20.3. The van der Waals surface area contributed by atoms with Crippen molar-refractivity contribution < 1.29 is 13.9 Å². The van der Waals surface area contributed by atoms with E-state index >= 15 is 0 Å². The number of piperazine rings is 1. The lowest BCUT2D eigenvalue weighted by atomic mass is 9.84. The van der Waals surface area contributed by atoms with E-state index in [0.717, 1.165) is 63.0 Å². The van der Waals surface area contributed by atoms with Gasteiger partial charge in [0, 0.05) is 63.3 Å². The fraction of sp³-hybridized carbons (Fsp3) is 0.609. The van der Waals surface area contributed by atoms with Gasteiger partial charge >= 0.3 is 0 Å². The van der Waals surface area contributed by atoms with E-state index in [-0.39, 0.29) is 29.6 Å². The van der Waals surface area contributed by atoms with Gasteiger partial charge in [0.1, 0.15) is 11.6 Å². The first-order chi connectivity index (χ1) is 14.1. The zero-order valence-corrected chi connectivity index (χ0v) is 16.9. The van der Waals surface area contributed by atoms with Crippen LogP contribution in [-0.4, -0.2) is 73.0 Å². The Labute approximate surface area is 172 Å². The first kappa shape index (κ1) is 19.1. The van der Waals surface area contributed by atoms with Gasteiger partial charge in [0.05, 0.1) is 12.5 Å². The molecular weight excluding hydrogens is 369 g/mol. The smallest absolute Gasteiger partial charge is 0.227 e. The van der Waals surface area contributed by atoms with Crippen LogP contribution in [0.25, 0.3) is 0 Å². The lowest BCUT2D eigenvalue weighted by Gasteiger charge is -2.37. The zero-order valence-electron chi connectivity index (χ0n) is 16.9. The second kappa shape index (κ2) is 7.73. The standard InChI is InChI=1S/C23H30FN3O2/c1-2-7-25-8-10-26(11-9-25)23(28)19-14-27(13-16-3-4-16)22-18-12-17(24)5-6-21(18)29-15-20(19)22/h2,5-6,12,16,19-20,22H,1,3-4,7-11,13-15H2/t19-,20+,22+/m1/s1. The molecule has 0 radical (unpaired) electrons. The SMILES string of the molecule is C=CCN1CCN(C(=O)[C@@H]2CN(CC3CC3)[C@H]3c4cc(F)ccc4OC[C@@H]23)CC1. The van der Waals surface area contributed by atoms with Crippen LogP contribution in [0.4, 0.5) is 4.39 Å². The molecule has 29 heavy (non-hydrogen) atoms. The number of hydrogen-bond acceptors (Lipinski definition) is 4. The van der Waals surface area contributed by atoms with Gasteiger partial charge in [0.25, 0.3) is 0 Å². The minimum absolute atomic E-state index is 0.0684. The lowest BCUT2D eigenvalue weighted by Crippen LogP contribution is -2.51. The average molecular weight is 400 g/mol. The summed E-state index contributed by atoms with van der Waals surface area (Å²) in [5.74, 6) is 1.56. The van der Waals surface area contributed by atoms with Crippen molar-refractivity contribution in [2.75, 3.05) is 52.4 Å². The third kappa shape index (κ3) is 3.68. The van der Waals surface area contributed by atoms with E-state index in [2.05, 4.69) is 16.4 Å². The fourth-order valence-electron chi connectivity index (χ4n) is 5.34. The summed E-state index contributed by atoms with van der Waals surface area (Å²) in [6, 6.07) is 4.91. The van der Waals surface area contributed by atoms with E-state index in [1.165, 1.54) is 18.9 Å². The summed E-state index contributed by atoms with van der Waals surface area (Å²) < 4.78 is 20.0. The number of hydrogen-bond donors (Lipinski definition) is 0. The largest absolute Gasteiger partial charge is 0.493 e. The maximum absolute atomic E-state index is 14.0. The molecule has 3 fully saturated rings. The normalized spacial score (nSPS) is 29.8. The van der Waals surface area contributed by atoms with Crippen LogP contribution in [0.3, 0.4) is 0 Å². The first-order valence-electron chi connectivity index (χ1n) is 10.9. The number of halogens is 1. The van der Waals surface area contributed by atoms with E-state index in [1.54, 1.807) is 12.1 Å². The van der Waals surface area contributed by atoms with Crippen LogP contribution in [0.15, 0.2) is 30.9 Å². The number of carbonyl (C=O) groups is 1. The minimum atomic E-state index is -0.229. The van der Waals surface area contributed by atoms with Gasteiger partial charge in [-0.3, -0.25) is 14.6 Å². The Balaban J connectivity index is 1.36. The number of nitrogens with zero attached hydrogens (tertiary/aromatic N) is 3. The monoisotopic (exact) mass is 399 g/mol. The molecule has 5 rings (SSSR count). The molecule has 1 aromatic rings. The summed E-state index contributed by atoms with van der Waals surface area (Å²) in [6.07, 6.45) is 4.46. The molecule has 1 aromatic carbocycles. The van der Waals surface area contributed by atoms with Crippen molar-refractivity contribution in [2.24, 2.45) is 17.8 Å². The molecule has 3 aliphatic heterocycles. The van der Waals surface area contributed by atoms with Gasteiger partial charge in [-0.2, -0.15) is 0 Å².